The highest BCUT2D eigenvalue weighted by molar-refractivity contribution is 9.11. The summed E-state index contributed by atoms with van der Waals surface area (Å²) in [7, 11) is 0. The first-order valence-electron chi connectivity index (χ1n) is 31.7. The number of aromatic nitrogens is 5. The Morgan fingerprint density at radius 1 is 0.370 bits per heavy atom. The van der Waals surface area contributed by atoms with Crippen molar-refractivity contribution >= 4 is 188 Å². The summed E-state index contributed by atoms with van der Waals surface area (Å²) in [5.74, 6) is 0.934. The van der Waals surface area contributed by atoms with Crippen molar-refractivity contribution in [3.05, 3.63) is 330 Å². The van der Waals surface area contributed by atoms with Gasteiger partial charge in [0, 0.05) is 105 Å². The number of para-hydroxylation sites is 6. The molecular formula is C82H60Br3N5O6S4. The van der Waals surface area contributed by atoms with Gasteiger partial charge in [0.2, 0.25) is 5.78 Å². The smallest absolute Gasteiger partial charge is 0.202 e. The number of carbonyl (C=O) groups excluding carboxylic acids is 5. The van der Waals surface area contributed by atoms with E-state index in [1.54, 1.807) is 48.4 Å². The summed E-state index contributed by atoms with van der Waals surface area (Å²) in [4.78, 5) is 88.1. The lowest BCUT2D eigenvalue weighted by molar-refractivity contribution is 0.0964. The van der Waals surface area contributed by atoms with Crippen LogP contribution in [0.3, 0.4) is 0 Å². The van der Waals surface area contributed by atoms with Crippen LogP contribution in [0, 0.1) is 20.8 Å². The highest BCUT2D eigenvalue weighted by Crippen LogP contribution is 2.34. The molecule has 0 bridgehead atoms. The molecule has 0 amide bonds. The van der Waals surface area contributed by atoms with Crippen molar-refractivity contribution in [1.29, 1.82) is 0 Å². The molecule has 494 valence electrons. The average Bonchev–Trinajstić information content (AvgIpc) is 1.51. The number of nitrogens with zero attached hydrogens (tertiary/aromatic N) is 5. The summed E-state index contributed by atoms with van der Waals surface area (Å²) in [6.07, 6.45) is 10.7. The van der Waals surface area contributed by atoms with E-state index in [9.17, 15) is 24.0 Å². The number of hydrogen-bond donors (Lipinski definition) is 0. The monoisotopic (exact) mass is 1580 g/mol. The summed E-state index contributed by atoms with van der Waals surface area (Å²) in [6.45, 7) is 6.02. The van der Waals surface area contributed by atoms with Gasteiger partial charge in [0.1, 0.15) is 5.58 Å². The molecule has 0 spiro atoms. The molecule has 0 aliphatic rings. The predicted molar refractivity (Wildman–Crippen MR) is 420 cm³/mol. The Morgan fingerprint density at radius 2 is 0.770 bits per heavy atom. The molecule has 11 nitrogen and oxygen atoms in total. The third-order valence-corrected chi connectivity index (χ3v) is 23.0. The van der Waals surface area contributed by atoms with Crippen molar-refractivity contribution in [3.8, 4) is 0 Å². The fourth-order valence-electron chi connectivity index (χ4n) is 11.3. The Balaban J connectivity index is 0.000000119. The van der Waals surface area contributed by atoms with E-state index in [0.717, 1.165) is 136 Å². The second-order valence-corrected chi connectivity index (χ2v) is 31.2. The number of pyridine rings is 5. The summed E-state index contributed by atoms with van der Waals surface area (Å²) in [6, 6.07) is 68.5. The molecule has 0 aliphatic heterocycles. The molecule has 0 fully saturated rings. The first-order valence-corrected chi connectivity index (χ1v) is 37.4. The van der Waals surface area contributed by atoms with Gasteiger partial charge in [0.25, 0.3) is 0 Å². The maximum absolute atomic E-state index is 12.5. The van der Waals surface area contributed by atoms with Gasteiger partial charge in [0.05, 0.1) is 54.7 Å². The molecule has 10 aromatic heterocycles. The number of Topliss-reactive ketones (excluding diaryl/α,β-unsaturated/α-hetero) is 5. The summed E-state index contributed by atoms with van der Waals surface area (Å²) < 4.78 is 8.46. The number of rotatable bonds is 15. The van der Waals surface area contributed by atoms with Crippen LogP contribution in [0.5, 0.6) is 0 Å². The minimum Gasteiger partial charge on any atom is -0.453 e. The predicted octanol–water partition coefficient (Wildman–Crippen LogP) is 22.5. The molecular weight excluding hydrogens is 1520 g/mol. The zero-order chi connectivity index (χ0) is 69.7. The third kappa shape index (κ3) is 17.5. The molecule has 0 radical (unpaired) electrons. The van der Waals surface area contributed by atoms with Gasteiger partial charge in [-0.1, -0.05) is 140 Å². The number of aryl methyl sites for hydroxylation is 3. The molecule has 0 atom stereocenters. The Hall–Kier alpha value is -9.50. The maximum Gasteiger partial charge on any atom is 0.202 e. The molecule has 16 rings (SSSR count). The maximum atomic E-state index is 12.5. The quantitative estimate of drug-likeness (QED) is 0.0898. The SMILES string of the molecule is Cc1cc(C(=O)Cc2cccc3cccnc23)sc1Br.Cc1ccc(C(=O)Cc2cccc3cccnc23)s1.Cc1csc(C(=O)Cc2cccc3cccnc23)c1.O=C(Cc1cccc2cccnc12)c1cc2ccccc2o1.O=C(Cc1cccc2cccnc12)c1sc(Br)cc1Br. The molecule has 0 aliphatic carbocycles. The Bertz CT molecular complexity index is 5470. The Morgan fingerprint density at radius 3 is 1.15 bits per heavy atom. The van der Waals surface area contributed by atoms with E-state index < -0.39 is 0 Å². The van der Waals surface area contributed by atoms with E-state index in [4.69, 9.17) is 4.42 Å². The topological polar surface area (TPSA) is 163 Å². The normalized spacial score (nSPS) is 10.9. The summed E-state index contributed by atoms with van der Waals surface area (Å²) in [5, 5.41) is 8.28. The third-order valence-electron chi connectivity index (χ3n) is 16.1. The number of fused-ring (bicyclic) bond motifs is 6. The van der Waals surface area contributed by atoms with Crippen molar-refractivity contribution < 1.29 is 28.4 Å². The first kappa shape index (κ1) is 70.4. The number of furan rings is 1. The van der Waals surface area contributed by atoms with E-state index >= 15 is 0 Å². The number of halogens is 3. The average molecular weight is 1580 g/mol. The van der Waals surface area contributed by atoms with Gasteiger partial charge in [-0.3, -0.25) is 48.9 Å². The Kier molecular flexibility index (Phi) is 23.3. The van der Waals surface area contributed by atoms with Crippen LogP contribution in [0.4, 0.5) is 0 Å². The Labute approximate surface area is 618 Å². The van der Waals surface area contributed by atoms with E-state index in [1.807, 2.05) is 232 Å². The van der Waals surface area contributed by atoms with Gasteiger partial charge in [-0.05, 0) is 186 Å². The van der Waals surface area contributed by atoms with Gasteiger partial charge in [-0.2, -0.15) is 0 Å². The summed E-state index contributed by atoms with van der Waals surface area (Å²) >= 11 is 16.3. The molecule has 0 unspecified atom stereocenters. The molecule has 16 aromatic rings. The highest BCUT2D eigenvalue weighted by atomic mass is 79.9. The number of thiophene rings is 4. The van der Waals surface area contributed by atoms with Crippen LogP contribution in [0.2, 0.25) is 0 Å². The standard InChI is InChI=1S/C19H13NO2.C16H12BrNOS.2C16H13NOS.C15H9Br2NOS/c21-16(18-12-14-5-1-2-9-17(14)22-18)11-15-7-3-6-13-8-4-10-20-19(13)15;1-10-8-14(20-16(10)17)13(19)9-12-5-2-4-11-6-3-7-18-15(11)12;1-11-7-8-15(19-11)14(18)10-13-5-2-4-12-6-3-9-17-16(12)13;1-11-8-15(19-10-11)14(18)9-13-5-2-4-12-6-3-7-17-16(12)13;16-11-8-13(17)20-15(11)12(19)7-10-4-1-3-9-5-2-6-18-14(9)10/h1-10,12H,11H2;2-8H,9H2,1H3;2-9H,10H2,1H3;2-8,10H,9H2,1H3;1-6,8H,7H2. The minimum absolute atomic E-state index is 0.0330. The molecule has 100 heavy (non-hydrogen) atoms. The van der Waals surface area contributed by atoms with Crippen LogP contribution in [0.15, 0.2) is 265 Å². The molecule has 0 N–H and O–H groups in total. The zero-order valence-electron chi connectivity index (χ0n) is 54.2. The lowest BCUT2D eigenvalue weighted by atomic mass is 10.0. The first-order chi connectivity index (χ1) is 48.6. The zero-order valence-corrected chi connectivity index (χ0v) is 62.2. The van der Waals surface area contributed by atoms with Gasteiger partial charge in [-0.25, -0.2) is 0 Å². The lowest BCUT2D eigenvalue weighted by Crippen LogP contribution is -2.03. The van der Waals surface area contributed by atoms with E-state index in [-0.39, 0.29) is 35.3 Å². The van der Waals surface area contributed by atoms with Crippen LogP contribution in [-0.4, -0.2) is 53.8 Å². The number of ketones is 5. The van der Waals surface area contributed by atoms with Crippen LogP contribution < -0.4 is 0 Å². The van der Waals surface area contributed by atoms with Gasteiger partial charge < -0.3 is 4.42 Å². The second kappa shape index (κ2) is 33.1. The van der Waals surface area contributed by atoms with E-state index in [1.165, 1.54) is 38.9 Å². The van der Waals surface area contributed by atoms with Gasteiger partial charge in [-0.15, -0.1) is 45.3 Å². The lowest BCUT2D eigenvalue weighted by Gasteiger charge is -2.04. The fraction of sp³-hybridized carbons (Fsp3) is 0.0976. The van der Waals surface area contributed by atoms with Crippen LogP contribution in [0.1, 0.15) is 93.1 Å². The largest absolute Gasteiger partial charge is 0.453 e. The minimum atomic E-state index is -0.0330. The fourth-order valence-corrected chi connectivity index (χ4v) is 16.9. The highest BCUT2D eigenvalue weighted by Gasteiger charge is 2.19. The van der Waals surface area contributed by atoms with Crippen molar-refractivity contribution in [1.82, 2.24) is 24.9 Å². The van der Waals surface area contributed by atoms with Gasteiger partial charge >= 0.3 is 0 Å². The summed E-state index contributed by atoms with van der Waals surface area (Å²) in [5.41, 5.74) is 12.4. The number of hydrogen-bond acceptors (Lipinski definition) is 15. The number of benzene rings is 6. The van der Waals surface area contributed by atoms with Crippen molar-refractivity contribution in [3.63, 3.8) is 0 Å². The molecule has 18 heteroatoms. The van der Waals surface area contributed by atoms with E-state index in [2.05, 4.69) is 72.7 Å². The number of carbonyl (C=O) groups is 5. The molecule has 0 saturated carbocycles. The van der Waals surface area contributed by atoms with Crippen LogP contribution in [0.25, 0.3) is 65.5 Å². The van der Waals surface area contributed by atoms with Crippen LogP contribution >= 0.6 is 93.1 Å². The second-order valence-electron chi connectivity index (χ2n) is 23.3. The van der Waals surface area contributed by atoms with Crippen molar-refractivity contribution in [2.45, 2.75) is 52.9 Å². The van der Waals surface area contributed by atoms with Crippen LogP contribution in [-0.2, 0) is 32.1 Å². The molecule has 0 saturated heterocycles. The molecule has 10 heterocycles. The molecule has 6 aromatic carbocycles. The van der Waals surface area contributed by atoms with Crippen molar-refractivity contribution in [2.24, 2.45) is 0 Å². The van der Waals surface area contributed by atoms with Gasteiger partial charge in [0.15, 0.2) is 28.9 Å². The van der Waals surface area contributed by atoms with E-state index in [0.29, 0.717) is 31.4 Å². The van der Waals surface area contributed by atoms with Crippen molar-refractivity contribution in [2.75, 3.05) is 0 Å².